The molecule has 1 N–H and O–H groups in total. The second-order valence-electron chi connectivity index (χ2n) is 37.3. The first-order valence-electron chi connectivity index (χ1n) is 46.3. The van der Waals surface area contributed by atoms with Crippen LogP contribution < -0.4 is 35.8 Å². The number of Topliss-reactive ketones (excluding diaryl/α,β-unsaturated/α-hetero) is 2. The summed E-state index contributed by atoms with van der Waals surface area (Å²) in [4.78, 5) is 109. The van der Waals surface area contributed by atoms with Crippen LogP contribution in [0.3, 0.4) is 0 Å². The van der Waals surface area contributed by atoms with Crippen molar-refractivity contribution in [2.24, 2.45) is 21.7 Å². The first kappa shape index (κ1) is 94.9. The Kier molecular flexibility index (Phi) is 32.5. The molecule has 3 heterocycles. The van der Waals surface area contributed by atoms with E-state index in [0.29, 0.717) is 58.2 Å². The summed E-state index contributed by atoms with van der Waals surface area (Å²) in [6, 6.07) is 91.5. The third-order valence-electron chi connectivity index (χ3n) is 25.4. The molecular formula is C112H120N4O17. The third-order valence-corrected chi connectivity index (χ3v) is 25.4. The van der Waals surface area contributed by atoms with Gasteiger partial charge in [0.25, 0.3) is 5.91 Å². The minimum Gasteiger partial charge on any atom is -0.483 e. The molecule has 21 nitrogen and oxygen atoms in total. The number of nitrogens with one attached hydrogen (secondary N) is 1. The molecule has 3 aromatic heterocycles. The molecule has 1 amide bonds. The summed E-state index contributed by atoms with van der Waals surface area (Å²) in [6.45, 7) is 7.58. The number of pyridine rings is 3. The molecule has 0 saturated heterocycles. The standard InChI is InChI=1S/C112H120N4O17/c1-108(2,3)133-100(122)51-57-111-77-109(55-49-95(117)101-104(130-70-89-43-25-10-26-44-89)97(119)52-58-114(101)61-92(127-67-86-37-19-7-20-38-86)73-124-64-83-31-13-4-14-32-83)76-110(78-111,56-50-96(118)102-105(131-71-90-45-27-11-28-46-90)98(120)53-59-115(102)62-93(128-68-87-39-21-8-22-40-87)74-125-65-84-33-15-5-16-34-84)80-112(79-109,81-111)82-113-107(123)103-106(132-72-91-47-29-12-30-48-91)99(121)54-60-116(103)63-94(129-69-88-41-23-9-24-42-88)75-126-66-85-35-17-6-18-36-85/h4-48,52-54,58-60,92-94H,49-51,55-57,61-82H2,1-3H3,(H,113,123)/t92?,93?,94?,109-,110+,111?,112?. The van der Waals surface area contributed by atoms with E-state index in [4.69, 9.17) is 47.4 Å². The van der Waals surface area contributed by atoms with Crippen LogP contribution in [-0.4, -0.2) is 87.4 Å². The predicted molar refractivity (Wildman–Crippen MR) is 510 cm³/mol. The fourth-order valence-electron chi connectivity index (χ4n) is 20.3. The van der Waals surface area contributed by atoms with Gasteiger partial charge < -0.3 is 66.4 Å². The van der Waals surface area contributed by atoms with Crippen LogP contribution in [0.25, 0.3) is 0 Å². The van der Waals surface area contributed by atoms with Crippen molar-refractivity contribution in [1.82, 2.24) is 19.0 Å². The molecule has 4 fully saturated rings. The van der Waals surface area contributed by atoms with Crippen LogP contribution in [0.2, 0.25) is 0 Å². The Morgan fingerprint density at radius 2 is 0.564 bits per heavy atom. The Bertz CT molecular complexity index is 5400. The zero-order valence-electron chi connectivity index (χ0n) is 76.3. The Morgan fingerprint density at radius 3 is 0.850 bits per heavy atom. The van der Waals surface area contributed by atoms with Crippen LogP contribution in [0.15, 0.2) is 324 Å². The average molecular weight is 1790 g/mol. The molecule has 0 radical (unpaired) electrons. The van der Waals surface area contributed by atoms with Crippen molar-refractivity contribution in [2.45, 2.75) is 201 Å². The van der Waals surface area contributed by atoms with Crippen LogP contribution in [0.5, 0.6) is 17.2 Å². The monoisotopic (exact) mass is 1790 g/mol. The maximum atomic E-state index is 16.5. The topological polar surface area (TPSA) is 239 Å². The lowest BCUT2D eigenvalue weighted by Crippen LogP contribution is -2.63. The number of nitrogens with zero attached hydrogens (tertiary/aromatic N) is 3. The molecule has 4 aliphatic rings. The van der Waals surface area contributed by atoms with E-state index in [1.54, 1.807) is 32.3 Å². The van der Waals surface area contributed by atoms with Crippen molar-refractivity contribution in [3.63, 3.8) is 0 Å². The van der Waals surface area contributed by atoms with Gasteiger partial charge in [0, 0.05) is 62.6 Å². The number of ketones is 2. The summed E-state index contributed by atoms with van der Waals surface area (Å²) in [5, 5.41) is 3.48. The predicted octanol–water partition coefficient (Wildman–Crippen LogP) is 19.8. The first-order valence-corrected chi connectivity index (χ1v) is 46.3. The van der Waals surface area contributed by atoms with Crippen LogP contribution >= 0.6 is 0 Å². The molecule has 4 aliphatic carbocycles. The number of carbonyl (C=O) groups is 4. The zero-order valence-corrected chi connectivity index (χ0v) is 76.3. The number of hydrogen-bond acceptors (Lipinski definition) is 17. The maximum absolute atomic E-state index is 16.5. The normalized spacial score (nSPS) is 17.9. The quantitative estimate of drug-likeness (QED) is 0.0275. The second-order valence-corrected chi connectivity index (χ2v) is 37.3. The molecule has 5 unspecified atom stereocenters. The second kappa shape index (κ2) is 45.6. The number of benzene rings is 9. The number of hydrogen-bond donors (Lipinski definition) is 1. The molecule has 21 heteroatoms. The minimum atomic E-state index is -0.842. The van der Waals surface area contributed by atoms with Gasteiger partial charge >= 0.3 is 5.97 Å². The number of aromatic nitrogens is 3. The first-order chi connectivity index (χ1) is 64.7. The molecule has 16 rings (SSSR count). The summed E-state index contributed by atoms with van der Waals surface area (Å²) in [7, 11) is 0. The van der Waals surface area contributed by atoms with Gasteiger partial charge in [0.2, 0.25) is 16.3 Å². The van der Waals surface area contributed by atoms with Crippen molar-refractivity contribution in [2.75, 3.05) is 26.4 Å². The summed E-state index contributed by atoms with van der Waals surface area (Å²) in [6.07, 6.45) is 6.70. The lowest BCUT2D eigenvalue weighted by molar-refractivity contribution is -0.208. The number of rotatable bonds is 50. The van der Waals surface area contributed by atoms with E-state index < -0.39 is 67.8 Å². The minimum absolute atomic E-state index is 0.0226. The van der Waals surface area contributed by atoms with Gasteiger partial charge in [-0.15, -0.1) is 0 Å². The van der Waals surface area contributed by atoms with Crippen LogP contribution in [0, 0.1) is 21.7 Å². The molecule has 9 aromatic carbocycles. The fraction of sp³-hybridized carbons (Fsp3) is 0.348. The van der Waals surface area contributed by atoms with Crippen molar-refractivity contribution in [3.05, 3.63) is 408 Å². The lowest BCUT2D eigenvalue weighted by atomic mass is 9.33. The van der Waals surface area contributed by atoms with E-state index in [1.165, 1.54) is 18.2 Å². The smallest absolute Gasteiger partial charge is 0.306 e. The molecule has 7 atom stereocenters. The Hall–Kier alpha value is -12.7. The van der Waals surface area contributed by atoms with E-state index in [1.807, 2.05) is 294 Å². The number of esters is 1. The highest BCUT2D eigenvalue weighted by molar-refractivity contribution is 5.98. The fourth-order valence-corrected chi connectivity index (χ4v) is 20.3. The Balaban J connectivity index is 0.822. The van der Waals surface area contributed by atoms with E-state index in [2.05, 4.69) is 5.32 Å². The van der Waals surface area contributed by atoms with E-state index in [9.17, 15) is 19.2 Å². The van der Waals surface area contributed by atoms with Crippen LogP contribution in [0.4, 0.5) is 0 Å². The van der Waals surface area contributed by atoms with E-state index in [0.717, 1.165) is 50.1 Å². The maximum Gasteiger partial charge on any atom is 0.306 e. The highest BCUT2D eigenvalue weighted by atomic mass is 16.6. The highest BCUT2D eigenvalue weighted by Crippen LogP contribution is 2.77. The molecule has 4 bridgehead atoms. The summed E-state index contributed by atoms with van der Waals surface area (Å²) in [5.41, 5.74) is 2.69. The van der Waals surface area contributed by atoms with Crippen molar-refractivity contribution >= 4 is 23.4 Å². The molecule has 133 heavy (non-hydrogen) atoms. The Morgan fingerprint density at radius 1 is 0.316 bits per heavy atom. The van der Waals surface area contributed by atoms with Gasteiger partial charge in [-0.2, -0.15) is 0 Å². The summed E-state index contributed by atoms with van der Waals surface area (Å²) < 4.78 is 71.0. The van der Waals surface area contributed by atoms with Gasteiger partial charge in [0.15, 0.2) is 34.5 Å². The SMILES string of the molecule is CC(C)(C)OC(=O)CCC12CC3(CNC(=O)c4c(OCc5ccccc5)c(=O)ccn4CC(COCc4ccccc4)OCc4ccccc4)C[C@](CCC(=O)c4c(OCc5ccccc5)c(=O)ccn4CC(COCc4ccccc4)OCc4ccccc4)(C1)C[C@](CCC(=O)c1c(OCc4ccccc4)c(=O)ccn1CC(COCc1ccccc1)OCc1ccccc1)(C2)C3. The van der Waals surface area contributed by atoms with Crippen molar-refractivity contribution < 1.29 is 66.5 Å². The van der Waals surface area contributed by atoms with Gasteiger partial charge in [0.1, 0.15) is 36.8 Å². The van der Waals surface area contributed by atoms with Gasteiger partial charge in [-0.3, -0.25) is 33.6 Å². The van der Waals surface area contributed by atoms with Crippen LogP contribution in [-0.2, 0) is 117 Å². The molecule has 0 spiro atoms. The zero-order chi connectivity index (χ0) is 92.3. The molecule has 12 aromatic rings. The van der Waals surface area contributed by atoms with E-state index in [-0.39, 0.29) is 176 Å². The molecule has 0 aliphatic heterocycles. The largest absolute Gasteiger partial charge is 0.483 e. The van der Waals surface area contributed by atoms with Crippen molar-refractivity contribution in [1.29, 1.82) is 0 Å². The molecule has 690 valence electrons. The number of carbonyl (C=O) groups excluding carboxylic acids is 4. The van der Waals surface area contributed by atoms with Gasteiger partial charge in [-0.25, -0.2) is 0 Å². The van der Waals surface area contributed by atoms with Gasteiger partial charge in [0.05, 0.1) is 97.4 Å². The number of amides is 1. The highest BCUT2D eigenvalue weighted by Gasteiger charge is 2.67. The van der Waals surface area contributed by atoms with Crippen molar-refractivity contribution in [3.8, 4) is 17.2 Å². The molecule has 4 saturated carbocycles. The third kappa shape index (κ3) is 26.8. The molecular weight excluding hydrogens is 1670 g/mol. The summed E-state index contributed by atoms with van der Waals surface area (Å²) >= 11 is 0. The van der Waals surface area contributed by atoms with Crippen LogP contribution in [0.1, 0.15) is 179 Å². The van der Waals surface area contributed by atoms with Gasteiger partial charge in [-0.05, 0) is 150 Å². The Labute approximate surface area is 778 Å². The number of ether oxygens (including phenoxy) is 10. The lowest BCUT2D eigenvalue weighted by Gasteiger charge is -2.71. The average Bonchev–Trinajstić information content (AvgIpc) is 0.683. The van der Waals surface area contributed by atoms with E-state index >= 15 is 14.4 Å². The van der Waals surface area contributed by atoms with Gasteiger partial charge in [-0.1, -0.05) is 273 Å². The summed E-state index contributed by atoms with van der Waals surface area (Å²) in [5.74, 6) is -2.09.